The second-order valence-corrected chi connectivity index (χ2v) is 7.29. The number of hydrogen-bond acceptors (Lipinski definition) is 4. The van der Waals surface area contributed by atoms with Gasteiger partial charge in [0.05, 0.1) is 5.75 Å². The fourth-order valence-electron chi connectivity index (χ4n) is 2.01. The molecule has 0 aromatic heterocycles. The molecule has 116 valence electrons. The zero-order valence-electron chi connectivity index (χ0n) is 12.2. The first-order chi connectivity index (χ1) is 9.91. The van der Waals surface area contributed by atoms with Gasteiger partial charge in [-0.05, 0) is 50.2 Å². The molecule has 3 N–H and O–H groups in total. The van der Waals surface area contributed by atoms with Gasteiger partial charge in [-0.15, -0.1) is 0 Å². The molecule has 6 nitrogen and oxygen atoms in total. The monoisotopic (exact) mass is 311 g/mol. The Morgan fingerprint density at radius 3 is 2.33 bits per heavy atom. The minimum Gasteiger partial charge on any atom is -0.326 e. The Balaban J connectivity index is 1.94. The number of carbonyl (C=O) groups is 1. The van der Waals surface area contributed by atoms with E-state index < -0.39 is 10.0 Å². The van der Waals surface area contributed by atoms with E-state index in [1.54, 1.807) is 31.2 Å². The Labute approximate surface area is 125 Å². The van der Waals surface area contributed by atoms with Crippen LogP contribution in [0.15, 0.2) is 24.3 Å². The van der Waals surface area contributed by atoms with Crippen LogP contribution in [-0.4, -0.2) is 33.2 Å². The Kier molecular flexibility index (Phi) is 4.84. The second kappa shape index (κ2) is 6.44. The summed E-state index contributed by atoms with van der Waals surface area (Å²) in [7, 11) is -3.27. The van der Waals surface area contributed by atoms with Crippen LogP contribution in [0.3, 0.4) is 0 Å². The maximum Gasteiger partial charge on any atom is 0.232 e. The fourth-order valence-corrected chi connectivity index (χ4v) is 2.65. The number of nitrogens with one attached hydrogen (secondary N) is 3. The van der Waals surface area contributed by atoms with Crippen molar-refractivity contribution in [3.63, 3.8) is 0 Å². The molecule has 1 heterocycles. The van der Waals surface area contributed by atoms with Gasteiger partial charge in [0.15, 0.2) is 0 Å². The van der Waals surface area contributed by atoms with E-state index in [1.165, 1.54) is 0 Å². The second-order valence-electron chi connectivity index (χ2n) is 5.28. The van der Waals surface area contributed by atoms with E-state index in [1.807, 2.05) is 6.92 Å². The number of sulfonamides is 1. The zero-order valence-corrected chi connectivity index (χ0v) is 13.0. The van der Waals surface area contributed by atoms with E-state index in [9.17, 15) is 13.2 Å². The quantitative estimate of drug-likeness (QED) is 0.738. The lowest BCUT2D eigenvalue weighted by Gasteiger charge is -2.31. The standard InChI is InChI=1S/C14H21N3O3S/c1-3-21(19,20)17-13-6-4-12(5-7-13)16-14(18)10(2)11-8-15-9-11/h4-7,10-11,15,17H,3,8-9H2,1-2H3,(H,16,18). The first kappa shape index (κ1) is 15.8. The minimum absolute atomic E-state index is 0.0108. The predicted molar refractivity (Wildman–Crippen MR) is 83.7 cm³/mol. The van der Waals surface area contributed by atoms with Crippen molar-refractivity contribution in [1.29, 1.82) is 0 Å². The third-order valence-electron chi connectivity index (χ3n) is 3.74. The summed E-state index contributed by atoms with van der Waals surface area (Å²) in [5, 5.41) is 6.00. The summed E-state index contributed by atoms with van der Waals surface area (Å²) in [6.45, 7) is 5.26. The third kappa shape index (κ3) is 4.18. The lowest BCUT2D eigenvalue weighted by Crippen LogP contribution is -2.48. The van der Waals surface area contributed by atoms with Crippen molar-refractivity contribution >= 4 is 27.3 Å². The van der Waals surface area contributed by atoms with Crippen molar-refractivity contribution in [3.8, 4) is 0 Å². The van der Waals surface area contributed by atoms with Crippen molar-refractivity contribution in [2.24, 2.45) is 11.8 Å². The van der Waals surface area contributed by atoms with E-state index in [4.69, 9.17) is 0 Å². The molecule has 0 radical (unpaired) electrons. The van der Waals surface area contributed by atoms with Crippen molar-refractivity contribution in [1.82, 2.24) is 5.32 Å². The summed E-state index contributed by atoms with van der Waals surface area (Å²) in [4.78, 5) is 12.1. The topological polar surface area (TPSA) is 87.3 Å². The van der Waals surface area contributed by atoms with Gasteiger partial charge in [-0.2, -0.15) is 0 Å². The summed E-state index contributed by atoms with van der Waals surface area (Å²) < 4.78 is 25.4. The van der Waals surface area contributed by atoms with Gasteiger partial charge in [0.25, 0.3) is 0 Å². The molecule has 1 aliphatic heterocycles. The largest absolute Gasteiger partial charge is 0.326 e. The Hall–Kier alpha value is -1.60. The lowest BCUT2D eigenvalue weighted by atomic mass is 9.88. The molecule has 1 unspecified atom stereocenters. The van der Waals surface area contributed by atoms with Gasteiger partial charge in [-0.25, -0.2) is 8.42 Å². The smallest absolute Gasteiger partial charge is 0.232 e. The molecule has 1 atom stereocenters. The molecule has 1 aliphatic rings. The number of hydrogen-bond donors (Lipinski definition) is 3. The van der Waals surface area contributed by atoms with Crippen LogP contribution in [0.25, 0.3) is 0 Å². The van der Waals surface area contributed by atoms with Crippen molar-refractivity contribution in [3.05, 3.63) is 24.3 Å². The van der Waals surface area contributed by atoms with E-state index in [0.29, 0.717) is 17.3 Å². The highest BCUT2D eigenvalue weighted by Crippen LogP contribution is 2.19. The number of benzene rings is 1. The zero-order chi connectivity index (χ0) is 15.5. The van der Waals surface area contributed by atoms with Crippen LogP contribution in [0.1, 0.15) is 13.8 Å². The highest BCUT2D eigenvalue weighted by molar-refractivity contribution is 7.92. The van der Waals surface area contributed by atoms with E-state index >= 15 is 0 Å². The average Bonchev–Trinajstić information content (AvgIpc) is 2.38. The van der Waals surface area contributed by atoms with Crippen LogP contribution >= 0.6 is 0 Å². The maximum absolute atomic E-state index is 12.1. The Morgan fingerprint density at radius 2 is 1.86 bits per heavy atom. The summed E-state index contributed by atoms with van der Waals surface area (Å²) in [6, 6.07) is 6.66. The fraction of sp³-hybridized carbons (Fsp3) is 0.500. The number of anilines is 2. The summed E-state index contributed by atoms with van der Waals surface area (Å²) in [5.74, 6) is 0.367. The van der Waals surface area contributed by atoms with Crippen LogP contribution in [0.5, 0.6) is 0 Å². The van der Waals surface area contributed by atoms with Crippen LogP contribution < -0.4 is 15.4 Å². The van der Waals surface area contributed by atoms with Gasteiger partial charge in [0, 0.05) is 17.3 Å². The molecular weight excluding hydrogens is 290 g/mol. The Morgan fingerprint density at radius 1 is 1.29 bits per heavy atom. The molecule has 1 amide bonds. The van der Waals surface area contributed by atoms with Crippen LogP contribution in [0.4, 0.5) is 11.4 Å². The van der Waals surface area contributed by atoms with Crippen molar-refractivity contribution in [2.45, 2.75) is 13.8 Å². The van der Waals surface area contributed by atoms with Gasteiger partial charge in [0.1, 0.15) is 0 Å². The molecule has 1 aromatic carbocycles. The van der Waals surface area contributed by atoms with Crippen molar-refractivity contribution < 1.29 is 13.2 Å². The molecule has 0 saturated carbocycles. The van der Waals surface area contributed by atoms with Gasteiger partial charge in [0.2, 0.25) is 15.9 Å². The molecule has 0 aliphatic carbocycles. The minimum atomic E-state index is -3.27. The van der Waals surface area contributed by atoms with E-state index in [2.05, 4.69) is 15.4 Å². The number of amides is 1. The number of rotatable bonds is 6. The average molecular weight is 311 g/mol. The molecule has 7 heteroatoms. The highest BCUT2D eigenvalue weighted by Gasteiger charge is 2.28. The Bertz CT molecular complexity index is 594. The summed E-state index contributed by atoms with van der Waals surface area (Å²) >= 11 is 0. The predicted octanol–water partition coefficient (Wildman–Crippen LogP) is 1.24. The van der Waals surface area contributed by atoms with Crippen molar-refractivity contribution in [2.75, 3.05) is 28.9 Å². The molecule has 2 rings (SSSR count). The van der Waals surface area contributed by atoms with Gasteiger partial charge in [-0.3, -0.25) is 9.52 Å². The molecule has 21 heavy (non-hydrogen) atoms. The van der Waals surface area contributed by atoms with E-state index in [-0.39, 0.29) is 17.6 Å². The normalized spacial score (nSPS) is 16.9. The van der Waals surface area contributed by atoms with Gasteiger partial charge >= 0.3 is 0 Å². The number of carbonyl (C=O) groups excluding carboxylic acids is 1. The highest BCUT2D eigenvalue weighted by atomic mass is 32.2. The van der Waals surface area contributed by atoms with Crippen LogP contribution in [0, 0.1) is 11.8 Å². The van der Waals surface area contributed by atoms with Gasteiger partial charge < -0.3 is 10.6 Å². The molecule has 1 saturated heterocycles. The SMILES string of the molecule is CCS(=O)(=O)Nc1ccc(NC(=O)C(C)C2CNC2)cc1. The maximum atomic E-state index is 12.1. The summed E-state index contributed by atoms with van der Waals surface area (Å²) in [6.07, 6.45) is 0. The first-order valence-electron chi connectivity index (χ1n) is 7.03. The molecule has 0 bridgehead atoms. The first-order valence-corrected chi connectivity index (χ1v) is 8.68. The van der Waals surface area contributed by atoms with Gasteiger partial charge in [-0.1, -0.05) is 6.92 Å². The van der Waals surface area contributed by atoms with Crippen LogP contribution in [-0.2, 0) is 14.8 Å². The third-order valence-corrected chi connectivity index (χ3v) is 5.05. The lowest BCUT2D eigenvalue weighted by molar-refractivity contribution is -0.121. The summed E-state index contributed by atoms with van der Waals surface area (Å²) in [5.41, 5.74) is 1.16. The molecule has 1 fully saturated rings. The van der Waals surface area contributed by atoms with Crippen LogP contribution in [0.2, 0.25) is 0 Å². The molecule has 1 aromatic rings. The van der Waals surface area contributed by atoms with E-state index in [0.717, 1.165) is 13.1 Å². The molecule has 0 spiro atoms. The molecular formula is C14H21N3O3S.